The number of Topliss-reactive ketones (excluding diaryl/α,β-unsaturated/α-hetero) is 1. The lowest BCUT2D eigenvalue weighted by atomic mass is 10.0. The predicted molar refractivity (Wildman–Crippen MR) is 120 cm³/mol. The average Bonchev–Trinajstić information content (AvgIpc) is 3.44. The van der Waals surface area contributed by atoms with E-state index in [4.69, 9.17) is 23.7 Å². The van der Waals surface area contributed by atoms with E-state index >= 15 is 0 Å². The van der Waals surface area contributed by atoms with Crippen molar-refractivity contribution in [3.63, 3.8) is 0 Å². The van der Waals surface area contributed by atoms with Crippen LogP contribution in [0.25, 0.3) is 6.08 Å². The van der Waals surface area contributed by atoms with Crippen molar-refractivity contribution in [2.45, 2.75) is 13.1 Å². The van der Waals surface area contributed by atoms with Gasteiger partial charge in [0.2, 0.25) is 12.6 Å². The van der Waals surface area contributed by atoms with E-state index in [1.807, 2.05) is 48.5 Å². The SMILES string of the molecule is COc1ccccc1/C=C1\Oc2c(ccc3c2CN(Cc2ccc4c(c2)OCO4)CO3)C1=O. The van der Waals surface area contributed by atoms with Gasteiger partial charge in [0.05, 0.1) is 18.2 Å². The zero-order valence-electron chi connectivity index (χ0n) is 18.0. The van der Waals surface area contributed by atoms with E-state index in [9.17, 15) is 4.79 Å². The Labute approximate surface area is 190 Å². The van der Waals surface area contributed by atoms with Gasteiger partial charge in [-0.25, -0.2) is 0 Å². The summed E-state index contributed by atoms with van der Waals surface area (Å²) in [5, 5.41) is 0. The summed E-state index contributed by atoms with van der Waals surface area (Å²) >= 11 is 0. The van der Waals surface area contributed by atoms with Crippen LogP contribution in [-0.4, -0.2) is 31.3 Å². The van der Waals surface area contributed by atoms with Crippen LogP contribution in [0.4, 0.5) is 0 Å². The second-order valence-electron chi connectivity index (χ2n) is 8.05. The largest absolute Gasteiger partial charge is 0.496 e. The number of carbonyl (C=O) groups is 1. The molecule has 0 bridgehead atoms. The second kappa shape index (κ2) is 7.86. The van der Waals surface area contributed by atoms with Gasteiger partial charge in [-0.1, -0.05) is 24.3 Å². The van der Waals surface area contributed by atoms with Crippen molar-refractivity contribution in [3.8, 4) is 28.7 Å². The van der Waals surface area contributed by atoms with Gasteiger partial charge in [0.1, 0.15) is 24.0 Å². The van der Waals surface area contributed by atoms with Crippen molar-refractivity contribution in [1.82, 2.24) is 4.90 Å². The third kappa shape index (κ3) is 3.47. The maximum Gasteiger partial charge on any atom is 0.231 e. The van der Waals surface area contributed by atoms with Crippen molar-refractivity contribution >= 4 is 11.9 Å². The van der Waals surface area contributed by atoms with E-state index in [2.05, 4.69) is 4.90 Å². The Morgan fingerprint density at radius 2 is 1.85 bits per heavy atom. The van der Waals surface area contributed by atoms with Gasteiger partial charge < -0.3 is 23.7 Å². The maximum absolute atomic E-state index is 13.1. The van der Waals surface area contributed by atoms with Crippen molar-refractivity contribution < 1.29 is 28.5 Å². The molecule has 0 saturated heterocycles. The summed E-state index contributed by atoms with van der Waals surface area (Å²) in [5.41, 5.74) is 3.29. The Hall–Kier alpha value is -3.97. The normalized spacial score (nSPS) is 17.4. The zero-order valence-corrected chi connectivity index (χ0v) is 18.0. The summed E-state index contributed by atoms with van der Waals surface area (Å²) in [6.07, 6.45) is 1.72. The van der Waals surface area contributed by atoms with Crippen LogP contribution >= 0.6 is 0 Å². The summed E-state index contributed by atoms with van der Waals surface area (Å²) in [7, 11) is 1.60. The van der Waals surface area contributed by atoms with Crippen molar-refractivity contribution in [2.24, 2.45) is 0 Å². The summed E-state index contributed by atoms with van der Waals surface area (Å²) in [6, 6.07) is 17.1. The first kappa shape index (κ1) is 19.7. The Balaban J connectivity index is 1.27. The molecule has 0 fully saturated rings. The quantitative estimate of drug-likeness (QED) is 0.554. The van der Waals surface area contributed by atoms with Crippen LogP contribution in [0.15, 0.2) is 60.4 Å². The molecule has 0 amide bonds. The fourth-order valence-corrected chi connectivity index (χ4v) is 4.33. The van der Waals surface area contributed by atoms with Gasteiger partial charge >= 0.3 is 0 Å². The van der Waals surface area contributed by atoms with Gasteiger partial charge in [-0.15, -0.1) is 0 Å². The van der Waals surface area contributed by atoms with Crippen molar-refractivity contribution in [3.05, 3.63) is 82.6 Å². The van der Waals surface area contributed by atoms with Gasteiger partial charge in [-0.3, -0.25) is 9.69 Å². The number of benzene rings is 3. The minimum atomic E-state index is -0.147. The molecule has 0 saturated carbocycles. The molecule has 166 valence electrons. The van der Waals surface area contributed by atoms with Gasteiger partial charge in [0.25, 0.3) is 0 Å². The molecule has 7 nitrogen and oxygen atoms in total. The van der Waals surface area contributed by atoms with Gasteiger partial charge in [0, 0.05) is 18.7 Å². The van der Waals surface area contributed by atoms with Crippen LogP contribution in [0.3, 0.4) is 0 Å². The summed E-state index contributed by atoms with van der Waals surface area (Å²) < 4.78 is 28.4. The lowest BCUT2D eigenvalue weighted by Crippen LogP contribution is -2.31. The number of para-hydroxylation sites is 1. The number of nitrogens with zero attached hydrogens (tertiary/aromatic N) is 1. The summed E-state index contributed by atoms with van der Waals surface area (Å²) in [5.74, 6) is 3.63. The number of allylic oxidation sites excluding steroid dienone is 1. The molecule has 33 heavy (non-hydrogen) atoms. The van der Waals surface area contributed by atoms with E-state index < -0.39 is 0 Å². The van der Waals surface area contributed by atoms with Crippen LogP contribution in [0.2, 0.25) is 0 Å². The Bertz CT molecular complexity index is 1300. The lowest BCUT2D eigenvalue weighted by molar-refractivity contribution is 0.0872. The molecule has 0 atom stereocenters. The molecule has 0 aliphatic carbocycles. The predicted octanol–water partition coefficient (Wildman–Crippen LogP) is 4.39. The number of ether oxygens (including phenoxy) is 5. The van der Waals surface area contributed by atoms with Crippen LogP contribution < -0.4 is 23.7 Å². The molecule has 0 aromatic heterocycles. The minimum Gasteiger partial charge on any atom is -0.496 e. The molecule has 0 unspecified atom stereocenters. The fraction of sp³-hybridized carbons (Fsp3) is 0.192. The van der Waals surface area contributed by atoms with Gasteiger partial charge in [-0.05, 0) is 42.0 Å². The molecule has 3 aliphatic rings. The highest BCUT2D eigenvalue weighted by atomic mass is 16.7. The zero-order chi connectivity index (χ0) is 22.4. The molecule has 0 N–H and O–H groups in total. The molecular weight excluding hydrogens is 422 g/mol. The molecule has 3 aromatic rings. The maximum atomic E-state index is 13.1. The Morgan fingerprint density at radius 3 is 2.76 bits per heavy atom. The highest BCUT2D eigenvalue weighted by molar-refractivity contribution is 6.15. The number of ketones is 1. The van der Waals surface area contributed by atoms with Crippen LogP contribution in [0.1, 0.15) is 27.0 Å². The first-order valence-corrected chi connectivity index (χ1v) is 10.7. The monoisotopic (exact) mass is 443 g/mol. The molecule has 3 heterocycles. The van der Waals surface area contributed by atoms with E-state index in [1.54, 1.807) is 19.3 Å². The summed E-state index contributed by atoms with van der Waals surface area (Å²) in [6.45, 7) is 1.96. The fourth-order valence-electron chi connectivity index (χ4n) is 4.33. The third-order valence-electron chi connectivity index (χ3n) is 5.95. The Morgan fingerprint density at radius 1 is 1.00 bits per heavy atom. The van der Waals surface area contributed by atoms with Crippen LogP contribution in [0, 0.1) is 0 Å². The highest BCUT2D eigenvalue weighted by Crippen LogP contribution is 2.42. The smallest absolute Gasteiger partial charge is 0.231 e. The lowest BCUT2D eigenvalue weighted by Gasteiger charge is -2.29. The first-order valence-electron chi connectivity index (χ1n) is 10.7. The molecular formula is C26H21NO6. The molecule has 3 aromatic carbocycles. The number of fused-ring (bicyclic) bond motifs is 4. The third-order valence-corrected chi connectivity index (χ3v) is 5.95. The average molecular weight is 443 g/mol. The standard InChI is InChI=1S/C26H21NO6/c1-29-20-5-3-2-4-17(20)11-24-25(28)18-7-9-21-19(26(18)33-24)13-27(14-30-21)12-16-6-8-22-23(10-16)32-15-31-22/h2-11H,12-15H2,1H3/b24-11-. The van der Waals surface area contributed by atoms with E-state index in [0.717, 1.165) is 33.9 Å². The van der Waals surface area contributed by atoms with E-state index in [-0.39, 0.29) is 18.3 Å². The van der Waals surface area contributed by atoms with Crippen molar-refractivity contribution in [2.75, 3.05) is 20.6 Å². The number of methoxy groups -OCH3 is 1. The number of carbonyl (C=O) groups excluding carboxylic acids is 1. The molecule has 6 rings (SSSR count). The molecule has 0 spiro atoms. The van der Waals surface area contributed by atoms with E-state index in [1.165, 1.54) is 0 Å². The second-order valence-corrected chi connectivity index (χ2v) is 8.05. The minimum absolute atomic E-state index is 0.147. The number of rotatable bonds is 4. The number of hydrogen-bond acceptors (Lipinski definition) is 7. The van der Waals surface area contributed by atoms with Crippen LogP contribution in [-0.2, 0) is 13.1 Å². The first-order chi connectivity index (χ1) is 16.2. The van der Waals surface area contributed by atoms with Gasteiger partial charge in [-0.2, -0.15) is 0 Å². The Kier molecular flexibility index (Phi) is 4.69. The molecule has 7 heteroatoms. The highest BCUT2D eigenvalue weighted by Gasteiger charge is 2.34. The molecule has 3 aliphatic heterocycles. The summed E-state index contributed by atoms with van der Waals surface area (Å²) in [4.78, 5) is 15.2. The molecule has 0 radical (unpaired) electrons. The topological polar surface area (TPSA) is 66.5 Å². The number of hydrogen-bond donors (Lipinski definition) is 0. The van der Waals surface area contributed by atoms with Crippen molar-refractivity contribution in [1.29, 1.82) is 0 Å². The van der Waals surface area contributed by atoms with Crippen LogP contribution in [0.5, 0.6) is 28.7 Å². The van der Waals surface area contributed by atoms with Gasteiger partial charge in [0.15, 0.2) is 17.3 Å². The van der Waals surface area contributed by atoms with E-state index in [0.29, 0.717) is 36.9 Å².